The minimum atomic E-state index is 0.679. The summed E-state index contributed by atoms with van der Waals surface area (Å²) in [5.74, 6) is 0.679. The van der Waals surface area contributed by atoms with Gasteiger partial charge >= 0.3 is 0 Å². The summed E-state index contributed by atoms with van der Waals surface area (Å²) in [4.78, 5) is 16.2. The van der Waals surface area contributed by atoms with Crippen molar-refractivity contribution in [3.05, 3.63) is 224 Å². The third-order valence-corrected chi connectivity index (χ3v) is 13.3. The highest BCUT2D eigenvalue weighted by molar-refractivity contribution is 7.26. The first-order valence-corrected chi connectivity index (χ1v) is 22.1. The zero-order valence-electron chi connectivity index (χ0n) is 34.1. The van der Waals surface area contributed by atoms with Crippen molar-refractivity contribution in [3.63, 3.8) is 0 Å². The van der Waals surface area contributed by atoms with Gasteiger partial charge in [0.2, 0.25) is 0 Å². The third-order valence-electron chi connectivity index (χ3n) is 12.1. The third kappa shape index (κ3) is 6.65. The van der Waals surface area contributed by atoms with E-state index in [4.69, 9.17) is 15.0 Å². The number of thiophene rings is 1. The standard InChI is InChI=1S/C59H37N3S/c1-3-14-38(15-4-1)40-28-32-43(33-29-40)52-37-53(61-59(60-52)44-34-30-41(31-35-44)39-16-5-2-6-17-39)46-21-11-20-45(36-46)48-24-13-26-51-55-50-23-9-10-27-54(50)63-58(55)57(62-56(48)51)49-25-12-19-42-18-7-8-22-47(42)49/h1-37H. The molecule has 3 aromatic heterocycles. The van der Waals surface area contributed by atoms with E-state index < -0.39 is 0 Å². The first kappa shape index (κ1) is 36.8. The topological polar surface area (TPSA) is 38.7 Å². The van der Waals surface area contributed by atoms with Crippen LogP contribution in [0.4, 0.5) is 0 Å². The Morgan fingerprint density at radius 2 is 0.825 bits per heavy atom. The number of para-hydroxylation sites is 1. The molecule has 0 N–H and O–H groups in total. The Morgan fingerprint density at radius 3 is 1.57 bits per heavy atom. The van der Waals surface area contributed by atoms with Crippen molar-refractivity contribution in [1.82, 2.24) is 15.0 Å². The average molecular weight is 820 g/mol. The van der Waals surface area contributed by atoms with Crippen LogP contribution >= 0.6 is 11.3 Å². The molecule has 0 saturated heterocycles. The SMILES string of the molecule is c1ccc(-c2ccc(-c3cc(-c4cccc(-c5cccc6c5nc(-c5cccc7ccccc57)c5sc7ccccc7c56)c4)nc(-c4ccc(-c5ccccc5)cc4)n3)cc2)cc1. The summed E-state index contributed by atoms with van der Waals surface area (Å²) in [6.45, 7) is 0. The predicted molar refractivity (Wildman–Crippen MR) is 266 cm³/mol. The van der Waals surface area contributed by atoms with E-state index in [1.165, 1.54) is 42.1 Å². The van der Waals surface area contributed by atoms with Crippen molar-refractivity contribution in [2.75, 3.05) is 0 Å². The normalized spacial score (nSPS) is 11.5. The molecule has 0 amide bonds. The van der Waals surface area contributed by atoms with Crippen LogP contribution in [-0.4, -0.2) is 15.0 Å². The molecule has 0 spiro atoms. The summed E-state index contributed by atoms with van der Waals surface area (Å²) in [6.07, 6.45) is 0. The van der Waals surface area contributed by atoms with Crippen LogP contribution in [0.5, 0.6) is 0 Å². The molecule has 0 atom stereocenters. The van der Waals surface area contributed by atoms with E-state index in [1.54, 1.807) is 0 Å². The molecule has 9 aromatic carbocycles. The molecule has 0 saturated carbocycles. The smallest absolute Gasteiger partial charge is 0.160 e. The Labute approximate surface area is 369 Å². The number of hydrogen-bond acceptors (Lipinski definition) is 4. The molecule has 294 valence electrons. The first-order chi connectivity index (χ1) is 31.2. The van der Waals surface area contributed by atoms with E-state index in [0.29, 0.717) is 5.82 Å². The van der Waals surface area contributed by atoms with Gasteiger partial charge in [-0.05, 0) is 56.8 Å². The van der Waals surface area contributed by atoms with Gasteiger partial charge in [0.15, 0.2) is 5.82 Å². The van der Waals surface area contributed by atoms with Crippen LogP contribution < -0.4 is 0 Å². The number of aromatic nitrogens is 3. The van der Waals surface area contributed by atoms with Crippen LogP contribution in [0.25, 0.3) is 120 Å². The lowest BCUT2D eigenvalue weighted by Crippen LogP contribution is -1.96. The van der Waals surface area contributed by atoms with Crippen molar-refractivity contribution in [3.8, 4) is 78.5 Å². The van der Waals surface area contributed by atoms with Gasteiger partial charge in [-0.1, -0.05) is 206 Å². The second-order valence-electron chi connectivity index (χ2n) is 15.9. The lowest BCUT2D eigenvalue weighted by atomic mass is 9.95. The number of hydrogen-bond donors (Lipinski definition) is 0. The summed E-state index contributed by atoms with van der Waals surface area (Å²) in [7, 11) is 0. The van der Waals surface area contributed by atoms with Gasteiger partial charge in [0.25, 0.3) is 0 Å². The second kappa shape index (κ2) is 15.4. The lowest BCUT2D eigenvalue weighted by molar-refractivity contribution is 1.18. The fourth-order valence-corrected chi connectivity index (χ4v) is 10.2. The molecular weight excluding hydrogens is 783 g/mol. The molecule has 3 heterocycles. The Balaban J connectivity index is 1.02. The molecule has 4 heteroatoms. The summed E-state index contributed by atoms with van der Waals surface area (Å²) in [6, 6.07) is 79.6. The first-order valence-electron chi connectivity index (χ1n) is 21.3. The van der Waals surface area contributed by atoms with Crippen LogP contribution in [0, 0.1) is 0 Å². The van der Waals surface area contributed by atoms with E-state index in [-0.39, 0.29) is 0 Å². The van der Waals surface area contributed by atoms with Crippen molar-refractivity contribution >= 4 is 53.2 Å². The molecule has 3 nitrogen and oxygen atoms in total. The maximum atomic E-state index is 5.65. The van der Waals surface area contributed by atoms with Gasteiger partial charge in [0.05, 0.1) is 27.3 Å². The van der Waals surface area contributed by atoms with E-state index in [0.717, 1.165) is 72.5 Å². The molecule has 0 aliphatic rings. The molecule has 0 aliphatic carbocycles. The Bertz CT molecular complexity index is 3540. The second-order valence-corrected chi connectivity index (χ2v) is 17.0. The summed E-state index contributed by atoms with van der Waals surface area (Å²) < 4.78 is 2.47. The van der Waals surface area contributed by atoms with Gasteiger partial charge in [-0.25, -0.2) is 15.0 Å². The Kier molecular flexibility index (Phi) is 9.02. The van der Waals surface area contributed by atoms with Crippen molar-refractivity contribution in [2.45, 2.75) is 0 Å². The van der Waals surface area contributed by atoms with E-state index in [2.05, 4.69) is 212 Å². The molecule has 12 rings (SSSR count). The van der Waals surface area contributed by atoms with Gasteiger partial charge in [0, 0.05) is 48.7 Å². The lowest BCUT2D eigenvalue weighted by Gasteiger charge is -2.14. The van der Waals surface area contributed by atoms with Gasteiger partial charge in [-0.2, -0.15) is 0 Å². The zero-order chi connectivity index (χ0) is 41.7. The Hall–Kier alpha value is -8.05. The van der Waals surface area contributed by atoms with Gasteiger partial charge in [-0.3, -0.25) is 0 Å². The number of benzene rings is 9. The molecule has 63 heavy (non-hydrogen) atoms. The molecule has 0 radical (unpaired) electrons. The summed E-state index contributed by atoms with van der Waals surface area (Å²) in [5.41, 5.74) is 14.7. The molecule has 12 aromatic rings. The highest BCUT2D eigenvalue weighted by Crippen LogP contribution is 2.46. The monoisotopic (exact) mass is 819 g/mol. The zero-order valence-corrected chi connectivity index (χ0v) is 34.9. The molecule has 0 fully saturated rings. The summed E-state index contributed by atoms with van der Waals surface area (Å²) in [5, 5.41) is 6.06. The fraction of sp³-hybridized carbons (Fsp3) is 0. The van der Waals surface area contributed by atoms with Crippen molar-refractivity contribution < 1.29 is 0 Å². The predicted octanol–water partition coefficient (Wildman–Crippen LogP) is 16.2. The quantitative estimate of drug-likeness (QED) is 0.161. The number of pyridine rings is 1. The highest BCUT2D eigenvalue weighted by Gasteiger charge is 2.20. The molecule has 0 aliphatic heterocycles. The molecular formula is C59H37N3S. The van der Waals surface area contributed by atoms with Crippen LogP contribution in [0.2, 0.25) is 0 Å². The molecule has 0 unspecified atom stereocenters. The maximum absolute atomic E-state index is 5.65. The number of nitrogens with zero attached hydrogens (tertiary/aromatic N) is 3. The van der Waals surface area contributed by atoms with Crippen LogP contribution in [0.15, 0.2) is 224 Å². The number of rotatable bonds is 7. The average Bonchev–Trinajstić information content (AvgIpc) is 3.77. The minimum Gasteiger partial charge on any atom is -0.246 e. The Morgan fingerprint density at radius 1 is 0.317 bits per heavy atom. The maximum Gasteiger partial charge on any atom is 0.160 e. The van der Waals surface area contributed by atoms with E-state index in [9.17, 15) is 0 Å². The largest absolute Gasteiger partial charge is 0.246 e. The number of fused-ring (bicyclic) bond motifs is 6. The van der Waals surface area contributed by atoms with Crippen LogP contribution in [-0.2, 0) is 0 Å². The van der Waals surface area contributed by atoms with E-state index >= 15 is 0 Å². The van der Waals surface area contributed by atoms with Crippen molar-refractivity contribution in [1.29, 1.82) is 0 Å². The van der Waals surface area contributed by atoms with Gasteiger partial charge in [0.1, 0.15) is 0 Å². The van der Waals surface area contributed by atoms with Gasteiger partial charge in [-0.15, -0.1) is 11.3 Å². The molecule has 0 bridgehead atoms. The van der Waals surface area contributed by atoms with Crippen molar-refractivity contribution in [2.24, 2.45) is 0 Å². The van der Waals surface area contributed by atoms with Crippen LogP contribution in [0.1, 0.15) is 0 Å². The fourth-order valence-electron chi connectivity index (χ4n) is 8.98. The van der Waals surface area contributed by atoms with Gasteiger partial charge < -0.3 is 0 Å². The highest BCUT2D eigenvalue weighted by atomic mass is 32.1. The van der Waals surface area contributed by atoms with Crippen LogP contribution in [0.3, 0.4) is 0 Å². The summed E-state index contributed by atoms with van der Waals surface area (Å²) >= 11 is 1.83. The van der Waals surface area contributed by atoms with E-state index in [1.807, 2.05) is 23.5 Å². The minimum absolute atomic E-state index is 0.679.